The van der Waals surface area contributed by atoms with Crippen LogP contribution in [0.4, 0.5) is 0 Å². The molecule has 0 N–H and O–H groups in total. The highest BCUT2D eigenvalue weighted by atomic mass is 32.2. The Morgan fingerprint density at radius 3 is 3.06 bits per heavy atom. The molecule has 16 heavy (non-hydrogen) atoms. The van der Waals surface area contributed by atoms with E-state index in [4.69, 9.17) is 4.74 Å². The number of aliphatic imine (C=N–C) groups is 1. The fourth-order valence-corrected chi connectivity index (χ4v) is 2.18. The van der Waals surface area contributed by atoms with Gasteiger partial charge in [0.25, 0.3) is 11.5 Å². The predicted octanol–water partition coefficient (Wildman–Crippen LogP) is 0.255. The molecule has 1 saturated heterocycles. The summed E-state index contributed by atoms with van der Waals surface area (Å²) in [4.78, 5) is 17.6. The Bertz CT molecular complexity index is 311. The van der Waals surface area contributed by atoms with Crippen molar-refractivity contribution in [3.63, 3.8) is 0 Å². The lowest BCUT2D eigenvalue weighted by molar-refractivity contribution is -0.460. The van der Waals surface area contributed by atoms with Crippen LogP contribution in [0.15, 0.2) is 4.99 Å². The van der Waals surface area contributed by atoms with E-state index in [2.05, 4.69) is 4.99 Å². The van der Waals surface area contributed by atoms with Gasteiger partial charge in [0.2, 0.25) is 0 Å². The van der Waals surface area contributed by atoms with Gasteiger partial charge in [0.15, 0.2) is 0 Å². The number of ether oxygens (including phenoxy) is 1. The summed E-state index contributed by atoms with van der Waals surface area (Å²) < 4.78 is 6.78. The third-order valence-electron chi connectivity index (χ3n) is 1.89. The van der Waals surface area contributed by atoms with Crippen molar-refractivity contribution >= 4 is 29.2 Å². The Morgan fingerprint density at radius 2 is 2.44 bits per heavy atom. The number of nitrogens with zero attached hydrogens (tertiary/aromatic N) is 3. The van der Waals surface area contributed by atoms with Gasteiger partial charge in [-0.05, 0) is 11.9 Å². The minimum atomic E-state index is -0.192. The smallest absolute Gasteiger partial charge is 0.325 e. The highest BCUT2D eigenvalue weighted by Gasteiger charge is 2.25. The number of esters is 1. The quantitative estimate of drug-likeness (QED) is 0.308. The van der Waals surface area contributed by atoms with Gasteiger partial charge in [-0.2, -0.15) is 0 Å². The lowest BCUT2D eigenvalue weighted by Crippen LogP contribution is -2.32. The molecule has 90 valence electrons. The maximum Gasteiger partial charge on any atom is 0.325 e. The van der Waals surface area contributed by atoms with Crippen LogP contribution in [-0.4, -0.2) is 66.5 Å². The minimum Gasteiger partial charge on any atom is -0.465 e. The Labute approximate surface area is 100 Å². The summed E-state index contributed by atoms with van der Waals surface area (Å²) in [6.45, 7) is 3.38. The van der Waals surface area contributed by atoms with Gasteiger partial charge >= 0.3 is 5.97 Å². The second-order valence-electron chi connectivity index (χ2n) is 3.57. The van der Waals surface area contributed by atoms with Gasteiger partial charge in [0.1, 0.15) is 6.54 Å². The fraction of sp³-hybridized carbons (Fsp3) is 0.700. The average molecular weight is 244 g/mol. The molecule has 0 bridgehead atoms. The Kier molecular flexibility index (Phi) is 5.31. The number of amidine groups is 1. The number of hydrogen-bond donors (Lipinski definition) is 0. The second kappa shape index (κ2) is 6.52. The SMILES string of the molecule is CCOC(=O)CN1CCSC1=NC=[N+](C)C. The average Bonchev–Trinajstić information content (AvgIpc) is 2.62. The molecule has 0 amide bonds. The van der Waals surface area contributed by atoms with Crippen molar-refractivity contribution < 1.29 is 14.1 Å². The van der Waals surface area contributed by atoms with Crippen LogP contribution in [0.3, 0.4) is 0 Å². The van der Waals surface area contributed by atoms with Gasteiger partial charge in [-0.3, -0.25) is 9.37 Å². The van der Waals surface area contributed by atoms with Crippen LogP contribution in [0.1, 0.15) is 6.92 Å². The predicted molar refractivity (Wildman–Crippen MR) is 66.3 cm³/mol. The maximum atomic E-state index is 11.3. The molecule has 1 heterocycles. The van der Waals surface area contributed by atoms with E-state index in [0.29, 0.717) is 13.2 Å². The summed E-state index contributed by atoms with van der Waals surface area (Å²) in [5.74, 6) is 0.780. The zero-order valence-electron chi connectivity index (χ0n) is 9.97. The summed E-state index contributed by atoms with van der Waals surface area (Å²) in [6.07, 6.45) is 1.74. The van der Waals surface area contributed by atoms with Crippen LogP contribution >= 0.6 is 11.8 Å². The molecule has 0 aromatic heterocycles. The van der Waals surface area contributed by atoms with Crippen LogP contribution < -0.4 is 0 Å². The van der Waals surface area contributed by atoms with Gasteiger partial charge in [-0.1, -0.05) is 11.8 Å². The van der Waals surface area contributed by atoms with Crippen LogP contribution in [-0.2, 0) is 9.53 Å². The second-order valence-corrected chi connectivity index (χ2v) is 4.63. The number of carbonyl (C=O) groups is 1. The van der Waals surface area contributed by atoms with E-state index < -0.39 is 0 Å². The van der Waals surface area contributed by atoms with E-state index in [1.165, 1.54) is 0 Å². The largest absolute Gasteiger partial charge is 0.465 e. The van der Waals surface area contributed by atoms with E-state index in [1.807, 2.05) is 30.5 Å². The zero-order valence-corrected chi connectivity index (χ0v) is 10.8. The van der Waals surface area contributed by atoms with Crippen molar-refractivity contribution in [2.45, 2.75) is 6.92 Å². The zero-order chi connectivity index (χ0) is 12.0. The molecular weight excluding hydrogens is 226 g/mol. The molecule has 0 saturated carbocycles. The number of thioether (sulfide) groups is 1. The Morgan fingerprint density at radius 1 is 1.69 bits per heavy atom. The molecule has 5 nitrogen and oxygen atoms in total. The summed E-state index contributed by atoms with van der Waals surface area (Å²) in [5.41, 5.74) is 0. The van der Waals surface area contributed by atoms with Crippen molar-refractivity contribution in [1.29, 1.82) is 0 Å². The monoisotopic (exact) mass is 244 g/mol. The first-order valence-electron chi connectivity index (χ1n) is 5.24. The minimum absolute atomic E-state index is 0.192. The van der Waals surface area contributed by atoms with E-state index in [0.717, 1.165) is 17.5 Å². The normalized spacial score (nSPS) is 17.7. The molecule has 0 atom stereocenters. The van der Waals surface area contributed by atoms with Crippen LogP contribution in [0.2, 0.25) is 0 Å². The number of carbonyl (C=O) groups excluding carboxylic acids is 1. The topological polar surface area (TPSA) is 44.9 Å². The molecular formula is C10H18N3O2S+. The van der Waals surface area contributed by atoms with E-state index >= 15 is 0 Å². The van der Waals surface area contributed by atoms with Crippen LogP contribution in [0.5, 0.6) is 0 Å². The van der Waals surface area contributed by atoms with Gasteiger partial charge in [-0.25, -0.2) is 0 Å². The van der Waals surface area contributed by atoms with Crippen molar-refractivity contribution in [2.24, 2.45) is 4.99 Å². The standard InChI is InChI=1S/C10H18N3O2S/c1-4-15-9(14)7-13-5-6-16-10(13)11-8-12(2)3/h8H,4-7H2,1-3H3/q+1. The Balaban J connectivity index is 2.55. The van der Waals surface area contributed by atoms with E-state index in [-0.39, 0.29) is 5.97 Å². The van der Waals surface area contributed by atoms with Crippen LogP contribution in [0.25, 0.3) is 0 Å². The fourth-order valence-electron chi connectivity index (χ4n) is 1.23. The molecule has 1 rings (SSSR count). The highest BCUT2D eigenvalue weighted by molar-refractivity contribution is 8.14. The Hall–Kier alpha value is -1.04. The molecule has 6 heteroatoms. The molecule has 0 spiro atoms. The lowest BCUT2D eigenvalue weighted by Gasteiger charge is -2.12. The number of rotatable bonds is 4. The van der Waals surface area contributed by atoms with Gasteiger partial charge in [-0.15, -0.1) is 0 Å². The molecule has 1 aliphatic heterocycles. The van der Waals surface area contributed by atoms with Gasteiger partial charge < -0.3 is 9.64 Å². The highest BCUT2D eigenvalue weighted by Crippen LogP contribution is 2.17. The van der Waals surface area contributed by atoms with Crippen molar-refractivity contribution in [1.82, 2.24) is 4.90 Å². The first-order valence-corrected chi connectivity index (χ1v) is 6.23. The summed E-state index contributed by atoms with van der Waals surface area (Å²) in [5, 5.41) is 0.891. The van der Waals surface area contributed by atoms with Crippen molar-refractivity contribution in [3.8, 4) is 0 Å². The first-order chi connectivity index (χ1) is 7.63. The molecule has 1 aliphatic rings. The molecule has 0 aromatic carbocycles. The lowest BCUT2D eigenvalue weighted by atomic mass is 10.5. The van der Waals surface area contributed by atoms with Crippen LogP contribution in [0, 0.1) is 0 Å². The maximum absolute atomic E-state index is 11.3. The molecule has 0 aliphatic carbocycles. The molecule has 0 radical (unpaired) electrons. The third kappa shape index (κ3) is 4.22. The molecule has 0 aromatic rings. The summed E-state index contributed by atoms with van der Waals surface area (Å²) in [6, 6.07) is 0. The number of hydrogen-bond acceptors (Lipinski definition) is 3. The van der Waals surface area contributed by atoms with Crippen molar-refractivity contribution in [3.05, 3.63) is 0 Å². The summed E-state index contributed by atoms with van der Waals surface area (Å²) >= 11 is 1.66. The molecule has 1 fully saturated rings. The van der Waals surface area contributed by atoms with E-state index in [1.54, 1.807) is 18.1 Å². The van der Waals surface area contributed by atoms with Crippen molar-refractivity contribution in [2.75, 3.05) is 39.5 Å². The van der Waals surface area contributed by atoms with E-state index in [9.17, 15) is 4.79 Å². The first kappa shape index (κ1) is 13.0. The molecule has 0 unspecified atom stereocenters. The third-order valence-corrected chi connectivity index (χ3v) is 2.90. The van der Waals surface area contributed by atoms with Gasteiger partial charge in [0.05, 0.1) is 20.7 Å². The summed E-state index contributed by atoms with van der Waals surface area (Å²) in [7, 11) is 3.83. The van der Waals surface area contributed by atoms with Gasteiger partial charge in [0, 0.05) is 12.3 Å².